The Hall–Kier alpha value is -4.00. The van der Waals surface area contributed by atoms with Gasteiger partial charge in [-0.25, -0.2) is 0 Å². The predicted molar refractivity (Wildman–Crippen MR) is 135 cm³/mol. The first-order chi connectivity index (χ1) is 15.5. The lowest BCUT2D eigenvalue weighted by molar-refractivity contribution is 0.590. The zero-order valence-corrected chi connectivity index (χ0v) is 18.8. The van der Waals surface area contributed by atoms with Crippen molar-refractivity contribution >= 4 is 0 Å². The van der Waals surface area contributed by atoms with E-state index in [2.05, 4.69) is 86.9 Å². The van der Waals surface area contributed by atoms with Crippen LogP contribution >= 0.6 is 0 Å². The smallest absolute Gasteiger partial charge is 0.0405 e. The molecular weight excluding hydrogens is 384 g/mol. The fourth-order valence-corrected chi connectivity index (χ4v) is 3.49. The second kappa shape index (κ2) is 9.43. The van der Waals surface area contributed by atoms with E-state index in [9.17, 15) is 0 Å². The molecule has 0 aliphatic heterocycles. The summed E-state index contributed by atoms with van der Waals surface area (Å²) in [5, 5.41) is 0. The molecule has 0 saturated carbocycles. The van der Waals surface area contributed by atoms with E-state index >= 15 is 0 Å². The molecule has 0 bridgehead atoms. The van der Waals surface area contributed by atoms with Gasteiger partial charge in [-0.2, -0.15) is 0 Å². The molecule has 4 aromatic carbocycles. The highest BCUT2D eigenvalue weighted by Crippen LogP contribution is 2.28. The highest BCUT2D eigenvalue weighted by atomic mass is 14.2. The minimum atomic E-state index is 0.141. The zero-order chi connectivity index (χ0) is 22.4. The number of benzene rings is 4. The molecule has 0 heterocycles. The third-order valence-corrected chi connectivity index (χ3v) is 5.36. The van der Waals surface area contributed by atoms with Crippen molar-refractivity contribution in [3.05, 3.63) is 131 Å². The normalized spacial score (nSPS) is 10.5. The lowest BCUT2D eigenvalue weighted by Crippen LogP contribution is -2.10. The number of rotatable bonds is 1. The van der Waals surface area contributed by atoms with Crippen LogP contribution in [-0.4, -0.2) is 0 Å². The molecular formula is C32H26. The van der Waals surface area contributed by atoms with Crippen LogP contribution in [0.15, 0.2) is 103 Å². The minimum absolute atomic E-state index is 0.141. The maximum atomic E-state index is 3.39. The van der Waals surface area contributed by atoms with Crippen LogP contribution in [0, 0.1) is 23.7 Å². The molecule has 0 aliphatic carbocycles. The van der Waals surface area contributed by atoms with Gasteiger partial charge >= 0.3 is 0 Å². The van der Waals surface area contributed by atoms with E-state index in [-0.39, 0.29) is 5.41 Å². The van der Waals surface area contributed by atoms with E-state index in [1.807, 2.05) is 60.7 Å². The monoisotopic (exact) mass is 410 g/mol. The molecule has 4 rings (SSSR count). The van der Waals surface area contributed by atoms with Gasteiger partial charge in [0.1, 0.15) is 0 Å². The van der Waals surface area contributed by atoms with E-state index in [1.165, 1.54) is 11.1 Å². The van der Waals surface area contributed by atoms with Crippen molar-refractivity contribution in [2.75, 3.05) is 0 Å². The van der Waals surface area contributed by atoms with Gasteiger partial charge in [0, 0.05) is 22.3 Å². The Bertz CT molecular complexity index is 1330. The number of hydrogen-bond donors (Lipinski definition) is 0. The Morgan fingerprint density at radius 1 is 0.469 bits per heavy atom. The topological polar surface area (TPSA) is 0 Å². The van der Waals surface area contributed by atoms with Crippen LogP contribution in [0.4, 0.5) is 0 Å². The molecule has 4 aromatic rings. The van der Waals surface area contributed by atoms with Crippen LogP contribution in [0.5, 0.6) is 0 Å². The van der Waals surface area contributed by atoms with E-state index < -0.39 is 0 Å². The lowest BCUT2D eigenvalue weighted by atomic mass is 9.86. The molecule has 0 aromatic heterocycles. The molecule has 0 unspecified atom stereocenters. The van der Waals surface area contributed by atoms with Crippen LogP contribution in [0.25, 0.3) is 11.1 Å². The summed E-state index contributed by atoms with van der Waals surface area (Å²) >= 11 is 0. The largest absolute Gasteiger partial charge is 0.0622 e. The summed E-state index contributed by atoms with van der Waals surface area (Å²) in [5.74, 6) is 13.3. The maximum absolute atomic E-state index is 3.39. The van der Waals surface area contributed by atoms with Crippen molar-refractivity contribution in [1.29, 1.82) is 0 Å². The SMILES string of the molecule is CC(C)(C)c1ccc(-c2ccccc2C#Cc2ccccc2C#Cc2ccccc2)cc1. The first-order valence-corrected chi connectivity index (χ1v) is 10.9. The van der Waals surface area contributed by atoms with E-state index in [0.29, 0.717) is 0 Å². The summed E-state index contributed by atoms with van der Waals surface area (Å²) in [4.78, 5) is 0. The molecule has 0 heteroatoms. The predicted octanol–water partition coefficient (Wildman–Crippen LogP) is 7.45. The standard InChI is InChI=1S/C32H26/c1-32(2,3)30-23-21-29(22-24-30)31-16-10-9-15-28(31)20-19-27-14-8-7-13-26(27)18-17-25-11-5-4-6-12-25/h4-16,21-24H,1-3H3. The Balaban J connectivity index is 1.67. The van der Waals surface area contributed by atoms with Crippen molar-refractivity contribution in [2.24, 2.45) is 0 Å². The molecule has 0 radical (unpaired) electrons. The van der Waals surface area contributed by atoms with Crippen LogP contribution in [-0.2, 0) is 5.41 Å². The van der Waals surface area contributed by atoms with Crippen LogP contribution in [0.3, 0.4) is 0 Å². The summed E-state index contributed by atoms with van der Waals surface area (Å²) in [6.45, 7) is 6.71. The molecule has 0 aliphatic rings. The fraction of sp³-hybridized carbons (Fsp3) is 0.125. The van der Waals surface area contributed by atoms with Gasteiger partial charge in [-0.1, -0.05) is 117 Å². The van der Waals surface area contributed by atoms with Crippen LogP contribution in [0.1, 0.15) is 48.6 Å². The quantitative estimate of drug-likeness (QED) is 0.286. The van der Waals surface area contributed by atoms with Crippen LogP contribution < -0.4 is 0 Å². The first kappa shape index (κ1) is 21.2. The maximum Gasteiger partial charge on any atom is 0.0405 e. The highest BCUT2D eigenvalue weighted by molar-refractivity contribution is 5.72. The molecule has 0 atom stereocenters. The Kier molecular flexibility index (Phi) is 6.26. The molecule has 0 N–H and O–H groups in total. The van der Waals surface area contributed by atoms with Gasteiger partial charge in [-0.3, -0.25) is 0 Å². The molecule has 0 amide bonds. The molecule has 0 saturated heterocycles. The van der Waals surface area contributed by atoms with E-state index in [1.54, 1.807) is 0 Å². The van der Waals surface area contributed by atoms with Gasteiger partial charge in [-0.15, -0.1) is 0 Å². The second-order valence-electron chi connectivity index (χ2n) is 8.78. The summed E-state index contributed by atoms with van der Waals surface area (Å²) in [7, 11) is 0. The lowest BCUT2D eigenvalue weighted by Gasteiger charge is -2.19. The molecule has 0 fully saturated rings. The highest BCUT2D eigenvalue weighted by Gasteiger charge is 2.13. The average Bonchev–Trinajstić information content (AvgIpc) is 2.82. The van der Waals surface area contributed by atoms with Crippen molar-refractivity contribution < 1.29 is 0 Å². The van der Waals surface area contributed by atoms with Crippen molar-refractivity contribution in [2.45, 2.75) is 26.2 Å². The van der Waals surface area contributed by atoms with Gasteiger partial charge in [0.15, 0.2) is 0 Å². The first-order valence-electron chi connectivity index (χ1n) is 10.9. The van der Waals surface area contributed by atoms with Gasteiger partial charge in [-0.05, 0) is 52.4 Å². The summed E-state index contributed by atoms with van der Waals surface area (Å²) in [6, 6.07) is 35.2. The molecule has 0 nitrogen and oxygen atoms in total. The third-order valence-electron chi connectivity index (χ3n) is 5.36. The number of hydrogen-bond acceptors (Lipinski definition) is 0. The average molecular weight is 411 g/mol. The Morgan fingerprint density at radius 2 is 0.969 bits per heavy atom. The van der Waals surface area contributed by atoms with E-state index in [4.69, 9.17) is 0 Å². The third kappa shape index (κ3) is 5.18. The minimum Gasteiger partial charge on any atom is -0.0622 e. The second-order valence-corrected chi connectivity index (χ2v) is 8.78. The van der Waals surface area contributed by atoms with Crippen molar-refractivity contribution in [1.82, 2.24) is 0 Å². The van der Waals surface area contributed by atoms with Gasteiger partial charge in [0.25, 0.3) is 0 Å². The van der Waals surface area contributed by atoms with Gasteiger partial charge < -0.3 is 0 Å². The van der Waals surface area contributed by atoms with Gasteiger partial charge in [0.05, 0.1) is 0 Å². The van der Waals surface area contributed by atoms with Crippen molar-refractivity contribution in [3.63, 3.8) is 0 Å². The van der Waals surface area contributed by atoms with Crippen molar-refractivity contribution in [3.8, 4) is 34.8 Å². The molecule has 154 valence electrons. The Morgan fingerprint density at radius 3 is 1.59 bits per heavy atom. The van der Waals surface area contributed by atoms with E-state index in [0.717, 1.165) is 27.8 Å². The molecule has 0 spiro atoms. The fourth-order valence-electron chi connectivity index (χ4n) is 3.49. The Labute approximate surface area is 192 Å². The summed E-state index contributed by atoms with van der Waals surface area (Å²) in [5.41, 5.74) is 7.69. The summed E-state index contributed by atoms with van der Waals surface area (Å²) in [6.07, 6.45) is 0. The van der Waals surface area contributed by atoms with Gasteiger partial charge in [0.2, 0.25) is 0 Å². The van der Waals surface area contributed by atoms with Crippen LogP contribution in [0.2, 0.25) is 0 Å². The molecule has 32 heavy (non-hydrogen) atoms. The summed E-state index contributed by atoms with van der Waals surface area (Å²) < 4.78 is 0. The zero-order valence-electron chi connectivity index (χ0n) is 18.8.